The van der Waals surface area contributed by atoms with E-state index in [1.165, 1.54) is 25.1 Å². The molecule has 92 valence electrons. The van der Waals surface area contributed by atoms with Gasteiger partial charge in [0.25, 0.3) is 0 Å². The fourth-order valence-corrected chi connectivity index (χ4v) is 1.20. The summed E-state index contributed by atoms with van der Waals surface area (Å²) in [6.45, 7) is 1.46. The number of pyridine rings is 1. The molecule has 0 saturated heterocycles. The first-order chi connectivity index (χ1) is 7.91. The van der Waals surface area contributed by atoms with Gasteiger partial charge in [0.1, 0.15) is 6.04 Å². The van der Waals surface area contributed by atoms with E-state index in [9.17, 15) is 9.59 Å². The molecule has 0 spiro atoms. The third kappa shape index (κ3) is 3.44. The predicted octanol–water partition coefficient (Wildman–Crippen LogP) is 0.138. The van der Waals surface area contributed by atoms with Gasteiger partial charge in [0.05, 0.1) is 18.3 Å². The van der Waals surface area contributed by atoms with Crippen molar-refractivity contribution in [3.8, 4) is 0 Å². The number of nitrogens with two attached hydrogens (primary N) is 1. The van der Waals surface area contributed by atoms with Gasteiger partial charge >= 0.3 is 5.97 Å². The number of carbonyl (C=O) groups is 2. The first-order valence-corrected chi connectivity index (χ1v) is 5.10. The number of nitrogens with zero attached hydrogens (tertiary/aromatic N) is 2. The molecule has 0 saturated carbocycles. The molecule has 0 fully saturated rings. The van der Waals surface area contributed by atoms with Crippen LogP contribution in [0.15, 0.2) is 18.3 Å². The molecule has 0 aliphatic carbocycles. The number of aliphatic carboxylic acids is 1. The summed E-state index contributed by atoms with van der Waals surface area (Å²) in [4.78, 5) is 27.6. The van der Waals surface area contributed by atoms with E-state index in [-0.39, 0.29) is 12.3 Å². The van der Waals surface area contributed by atoms with E-state index in [4.69, 9.17) is 10.8 Å². The number of carboxylic acid groups (broad SMARTS) is 1. The average Bonchev–Trinajstić information content (AvgIpc) is 2.30. The Hall–Kier alpha value is -2.11. The number of rotatable bonds is 4. The second kappa shape index (κ2) is 5.29. The van der Waals surface area contributed by atoms with Crippen molar-refractivity contribution in [3.63, 3.8) is 0 Å². The monoisotopic (exact) mass is 237 g/mol. The Balaban J connectivity index is 2.66. The Kier molecular flexibility index (Phi) is 4.03. The maximum Gasteiger partial charge on any atom is 0.326 e. The number of hydrogen-bond donors (Lipinski definition) is 2. The number of hydrogen-bond acceptors (Lipinski definition) is 4. The molecular formula is C11H15N3O3. The molecule has 0 aliphatic rings. The Morgan fingerprint density at radius 3 is 2.65 bits per heavy atom. The Bertz CT molecular complexity index is 416. The Morgan fingerprint density at radius 1 is 1.53 bits per heavy atom. The number of amides is 1. The standard InChI is InChI=1S/C11H15N3O3/c1-7(11(16)17)14(2)10(15)5-9-4-3-8(12)6-13-9/h3-4,6-7H,5,12H2,1-2H3,(H,16,17). The summed E-state index contributed by atoms with van der Waals surface area (Å²) < 4.78 is 0. The van der Waals surface area contributed by atoms with Crippen molar-refractivity contribution in [2.75, 3.05) is 12.8 Å². The molecule has 1 unspecified atom stereocenters. The van der Waals surface area contributed by atoms with Gasteiger partial charge in [-0.2, -0.15) is 0 Å². The van der Waals surface area contributed by atoms with Crippen LogP contribution in [0.1, 0.15) is 12.6 Å². The first kappa shape index (κ1) is 13.0. The van der Waals surface area contributed by atoms with Crippen LogP contribution in [-0.4, -0.2) is 40.0 Å². The minimum absolute atomic E-state index is 0.0639. The minimum Gasteiger partial charge on any atom is -0.480 e. The molecule has 0 aliphatic heterocycles. The van der Waals surface area contributed by atoms with E-state index in [0.717, 1.165) is 0 Å². The normalized spacial score (nSPS) is 11.9. The Labute approximate surface area is 99.1 Å². The van der Waals surface area contributed by atoms with Crippen molar-refractivity contribution in [2.45, 2.75) is 19.4 Å². The molecule has 6 heteroatoms. The third-order valence-corrected chi connectivity index (χ3v) is 2.51. The number of likely N-dealkylation sites (N-methyl/N-ethyl adjacent to an activating group) is 1. The highest BCUT2D eigenvalue weighted by atomic mass is 16.4. The van der Waals surface area contributed by atoms with Gasteiger partial charge in [-0.15, -0.1) is 0 Å². The van der Waals surface area contributed by atoms with Crippen molar-refractivity contribution in [3.05, 3.63) is 24.0 Å². The van der Waals surface area contributed by atoms with Crippen LogP contribution in [0.25, 0.3) is 0 Å². The second-order valence-corrected chi connectivity index (χ2v) is 3.78. The van der Waals surface area contributed by atoms with Crippen molar-refractivity contribution in [2.24, 2.45) is 0 Å². The maximum atomic E-state index is 11.7. The van der Waals surface area contributed by atoms with E-state index in [1.807, 2.05) is 0 Å². The topological polar surface area (TPSA) is 96.5 Å². The lowest BCUT2D eigenvalue weighted by atomic mass is 10.2. The van der Waals surface area contributed by atoms with Crippen molar-refractivity contribution in [1.29, 1.82) is 0 Å². The van der Waals surface area contributed by atoms with Gasteiger partial charge in [-0.25, -0.2) is 4.79 Å². The van der Waals surface area contributed by atoms with Crippen molar-refractivity contribution < 1.29 is 14.7 Å². The van der Waals surface area contributed by atoms with Crippen LogP contribution in [0.2, 0.25) is 0 Å². The number of carbonyl (C=O) groups excluding carboxylic acids is 1. The first-order valence-electron chi connectivity index (χ1n) is 5.10. The van der Waals surface area contributed by atoms with Gasteiger partial charge in [0.2, 0.25) is 5.91 Å². The summed E-state index contributed by atoms with van der Waals surface area (Å²) in [5.41, 5.74) is 6.55. The fraction of sp³-hybridized carbons (Fsp3) is 0.364. The number of anilines is 1. The van der Waals surface area contributed by atoms with Gasteiger partial charge in [0, 0.05) is 12.7 Å². The molecule has 6 nitrogen and oxygen atoms in total. The number of nitrogen functional groups attached to an aromatic ring is 1. The maximum absolute atomic E-state index is 11.7. The van der Waals surface area contributed by atoms with Crippen LogP contribution in [0.5, 0.6) is 0 Å². The summed E-state index contributed by atoms with van der Waals surface area (Å²) in [6, 6.07) is 2.44. The van der Waals surface area contributed by atoms with Crippen LogP contribution >= 0.6 is 0 Å². The smallest absolute Gasteiger partial charge is 0.326 e. The van der Waals surface area contributed by atoms with Crippen LogP contribution in [0, 0.1) is 0 Å². The summed E-state index contributed by atoms with van der Waals surface area (Å²) >= 11 is 0. The predicted molar refractivity (Wildman–Crippen MR) is 62.2 cm³/mol. The largest absolute Gasteiger partial charge is 0.480 e. The molecule has 1 atom stereocenters. The highest BCUT2D eigenvalue weighted by Gasteiger charge is 2.21. The fourth-order valence-electron chi connectivity index (χ4n) is 1.20. The van der Waals surface area contributed by atoms with Crippen LogP contribution in [0.3, 0.4) is 0 Å². The summed E-state index contributed by atoms with van der Waals surface area (Å²) in [5.74, 6) is -1.33. The minimum atomic E-state index is -1.04. The molecule has 17 heavy (non-hydrogen) atoms. The summed E-state index contributed by atoms with van der Waals surface area (Å²) in [6.07, 6.45) is 1.53. The highest BCUT2D eigenvalue weighted by molar-refractivity contribution is 5.84. The number of carboxylic acids is 1. The molecule has 1 amide bonds. The van der Waals surface area contributed by atoms with Crippen LogP contribution < -0.4 is 5.73 Å². The van der Waals surface area contributed by atoms with E-state index >= 15 is 0 Å². The lowest BCUT2D eigenvalue weighted by Gasteiger charge is -2.21. The molecule has 1 aromatic heterocycles. The molecule has 3 N–H and O–H groups in total. The van der Waals surface area contributed by atoms with E-state index in [1.54, 1.807) is 12.1 Å². The van der Waals surface area contributed by atoms with E-state index in [2.05, 4.69) is 4.98 Å². The molecule has 0 aromatic carbocycles. The zero-order valence-corrected chi connectivity index (χ0v) is 9.75. The summed E-state index contributed by atoms with van der Waals surface area (Å²) in [5, 5.41) is 8.78. The van der Waals surface area contributed by atoms with Gasteiger partial charge in [-0.3, -0.25) is 9.78 Å². The SMILES string of the molecule is CC(C(=O)O)N(C)C(=O)Cc1ccc(N)cn1. The highest BCUT2D eigenvalue weighted by Crippen LogP contribution is 2.05. The number of aromatic nitrogens is 1. The zero-order valence-electron chi connectivity index (χ0n) is 9.75. The molecule has 1 aromatic rings. The Morgan fingerprint density at radius 2 is 2.18 bits per heavy atom. The van der Waals surface area contributed by atoms with Gasteiger partial charge in [0.15, 0.2) is 0 Å². The lowest BCUT2D eigenvalue weighted by Crippen LogP contribution is -2.41. The zero-order chi connectivity index (χ0) is 13.0. The van der Waals surface area contributed by atoms with Crippen molar-refractivity contribution >= 4 is 17.6 Å². The van der Waals surface area contributed by atoms with Gasteiger partial charge in [-0.1, -0.05) is 0 Å². The average molecular weight is 237 g/mol. The molecule has 0 radical (unpaired) electrons. The lowest BCUT2D eigenvalue weighted by molar-refractivity contribution is -0.148. The van der Waals surface area contributed by atoms with Crippen molar-refractivity contribution in [1.82, 2.24) is 9.88 Å². The second-order valence-electron chi connectivity index (χ2n) is 3.78. The molecule has 1 heterocycles. The quantitative estimate of drug-likeness (QED) is 0.776. The molecule has 1 rings (SSSR count). The van der Waals surface area contributed by atoms with E-state index < -0.39 is 12.0 Å². The van der Waals surface area contributed by atoms with Crippen LogP contribution in [0.4, 0.5) is 5.69 Å². The van der Waals surface area contributed by atoms with Gasteiger partial charge in [-0.05, 0) is 19.1 Å². The van der Waals surface area contributed by atoms with Crippen LogP contribution in [-0.2, 0) is 16.0 Å². The third-order valence-electron chi connectivity index (χ3n) is 2.51. The summed E-state index contributed by atoms with van der Waals surface area (Å²) in [7, 11) is 1.46. The van der Waals surface area contributed by atoms with E-state index in [0.29, 0.717) is 11.4 Å². The van der Waals surface area contributed by atoms with Gasteiger partial charge < -0.3 is 15.7 Å². The molecule has 0 bridgehead atoms. The molecular weight excluding hydrogens is 222 g/mol.